The lowest BCUT2D eigenvalue weighted by molar-refractivity contribution is -0.192. The van der Waals surface area contributed by atoms with Gasteiger partial charge in [0.2, 0.25) is 0 Å². The summed E-state index contributed by atoms with van der Waals surface area (Å²) in [4.78, 5) is 40.7. The van der Waals surface area contributed by atoms with E-state index in [0.29, 0.717) is 35.2 Å². The number of halogens is 3. The number of aromatic nitrogens is 2. The fraction of sp³-hybridized carbons (Fsp3) is 0.407. The van der Waals surface area contributed by atoms with Crippen molar-refractivity contribution in [3.8, 4) is 5.75 Å². The van der Waals surface area contributed by atoms with Gasteiger partial charge in [-0.3, -0.25) is 9.20 Å². The molecular formula is C27H29F3N4O5. The molecule has 0 saturated heterocycles. The second-order valence-electron chi connectivity index (χ2n) is 9.42. The summed E-state index contributed by atoms with van der Waals surface area (Å²) >= 11 is 0. The lowest BCUT2D eigenvalue weighted by atomic mass is 9.90. The Labute approximate surface area is 222 Å². The van der Waals surface area contributed by atoms with E-state index in [1.165, 1.54) is 19.3 Å². The number of alkyl carbamates (subject to hydrolysis) is 1. The van der Waals surface area contributed by atoms with Crippen LogP contribution in [0.3, 0.4) is 0 Å². The highest BCUT2D eigenvalue weighted by molar-refractivity contribution is 5.95. The van der Waals surface area contributed by atoms with Crippen LogP contribution in [-0.4, -0.2) is 46.7 Å². The molecule has 1 aliphatic carbocycles. The van der Waals surface area contributed by atoms with E-state index in [0.717, 1.165) is 12.8 Å². The zero-order valence-corrected chi connectivity index (χ0v) is 21.3. The van der Waals surface area contributed by atoms with Crippen molar-refractivity contribution in [2.45, 2.75) is 51.2 Å². The molecule has 0 spiro atoms. The minimum absolute atomic E-state index is 0.240. The van der Waals surface area contributed by atoms with Crippen LogP contribution in [0.4, 0.5) is 18.0 Å². The van der Waals surface area contributed by atoms with Crippen LogP contribution >= 0.6 is 0 Å². The molecule has 2 heterocycles. The van der Waals surface area contributed by atoms with Crippen molar-refractivity contribution in [3.63, 3.8) is 0 Å². The molecule has 3 aromatic rings. The van der Waals surface area contributed by atoms with Crippen LogP contribution in [0, 0.1) is 12.8 Å². The number of rotatable bonds is 8. The fourth-order valence-electron chi connectivity index (χ4n) is 4.63. The molecule has 0 bridgehead atoms. The molecule has 2 N–H and O–H groups in total. The molecule has 12 heteroatoms. The van der Waals surface area contributed by atoms with E-state index in [9.17, 15) is 27.6 Å². The summed E-state index contributed by atoms with van der Waals surface area (Å²) < 4.78 is 48.7. The maximum Gasteiger partial charge on any atom is 0.491 e. The number of pyridine rings is 1. The van der Waals surface area contributed by atoms with E-state index < -0.39 is 30.2 Å². The van der Waals surface area contributed by atoms with Crippen molar-refractivity contribution in [1.29, 1.82) is 0 Å². The normalized spacial score (nSPS) is 15.0. The van der Waals surface area contributed by atoms with Gasteiger partial charge in [-0.2, -0.15) is 13.2 Å². The SMILES string of the molecule is Cc1nc2c(OCC3CCCCC3)cccn2c1C(=O)NC(CNC(=O)OC(=O)C(F)(F)F)c1ccccc1. The lowest BCUT2D eigenvalue weighted by Gasteiger charge is -2.21. The third-order valence-electron chi connectivity index (χ3n) is 6.58. The highest BCUT2D eigenvalue weighted by Gasteiger charge is 2.42. The number of esters is 1. The second-order valence-corrected chi connectivity index (χ2v) is 9.42. The summed E-state index contributed by atoms with van der Waals surface area (Å²) in [6.45, 7) is 1.91. The zero-order chi connectivity index (χ0) is 28.0. The van der Waals surface area contributed by atoms with E-state index in [4.69, 9.17) is 4.74 Å². The van der Waals surface area contributed by atoms with Crippen LogP contribution in [0.1, 0.15) is 59.9 Å². The molecule has 1 aromatic carbocycles. The molecule has 1 saturated carbocycles. The number of imidazole rings is 1. The van der Waals surface area contributed by atoms with Crippen molar-refractivity contribution in [2.75, 3.05) is 13.2 Å². The number of hydrogen-bond donors (Lipinski definition) is 2. The highest BCUT2D eigenvalue weighted by Crippen LogP contribution is 2.27. The molecule has 39 heavy (non-hydrogen) atoms. The van der Waals surface area contributed by atoms with Gasteiger partial charge in [0.25, 0.3) is 5.91 Å². The molecule has 208 valence electrons. The zero-order valence-electron chi connectivity index (χ0n) is 21.3. The third-order valence-corrected chi connectivity index (χ3v) is 6.58. The number of nitrogens with one attached hydrogen (secondary N) is 2. The number of aryl methyl sites for hydroxylation is 1. The molecule has 1 fully saturated rings. The first-order valence-electron chi connectivity index (χ1n) is 12.7. The molecular weight excluding hydrogens is 517 g/mol. The van der Waals surface area contributed by atoms with E-state index in [1.54, 1.807) is 60.0 Å². The van der Waals surface area contributed by atoms with Crippen molar-refractivity contribution < 1.29 is 37.0 Å². The number of benzene rings is 1. The second kappa shape index (κ2) is 12.2. The maximum absolute atomic E-state index is 13.4. The Morgan fingerprint density at radius 2 is 1.79 bits per heavy atom. The minimum atomic E-state index is -5.32. The number of hydrogen-bond acceptors (Lipinski definition) is 6. The average Bonchev–Trinajstić information content (AvgIpc) is 3.26. The van der Waals surface area contributed by atoms with Crippen molar-refractivity contribution in [1.82, 2.24) is 20.0 Å². The number of amides is 2. The van der Waals surface area contributed by atoms with E-state index in [2.05, 4.69) is 20.4 Å². The summed E-state index contributed by atoms with van der Waals surface area (Å²) in [6, 6.07) is 11.2. The smallest absolute Gasteiger partial charge is 0.489 e. The predicted molar refractivity (Wildman–Crippen MR) is 134 cm³/mol. The van der Waals surface area contributed by atoms with Crippen molar-refractivity contribution >= 4 is 23.6 Å². The Bertz CT molecular complexity index is 1320. The predicted octanol–water partition coefficient (Wildman–Crippen LogP) is 4.89. The Balaban J connectivity index is 1.50. The third kappa shape index (κ3) is 7.06. The molecule has 2 aromatic heterocycles. The van der Waals surface area contributed by atoms with Gasteiger partial charge in [-0.05, 0) is 43.4 Å². The Hall–Kier alpha value is -4.09. The lowest BCUT2D eigenvalue weighted by Crippen LogP contribution is -2.40. The highest BCUT2D eigenvalue weighted by atomic mass is 19.4. The van der Waals surface area contributed by atoms with Gasteiger partial charge in [-0.1, -0.05) is 49.6 Å². The van der Waals surface area contributed by atoms with E-state index in [1.807, 2.05) is 0 Å². The summed E-state index contributed by atoms with van der Waals surface area (Å²) in [5.41, 5.74) is 1.73. The molecule has 4 rings (SSSR count). The topological polar surface area (TPSA) is 111 Å². The van der Waals surface area contributed by atoms with Crippen molar-refractivity contribution in [2.24, 2.45) is 5.92 Å². The summed E-state index contributed by atoms with van der Waals surface area (Å²) in [6.07, 6.45) is 0.665. The quantitative estimate of drug-likeness (QED) is 0.308. The molecule has 2 amide bonds. The van der Waals surface area contributed by atoms with Gasteiger partial charge in [0.15, 0.2) is 11.4 Å². The number of ether oxygens (including phenoxy) is 2. The summed E-state index contributed by atoms with van der Waals surface area (Å²) in [7, 11) is 0. The molecule has 1 unspecified atom stereocenters. The van der Waals surface area contributed by atoms with Crippen LogP contribution in [0.2, 0.25) is 0 Å². The van der Waals surface area contributed by atoms with Crippen LogP contribution in [0.5, 0.6) is 5.75 Å². The standard InChI is InChI=1S/C27H29F3N4O5/c1-17-22(34-14-8-13-21(23(34)32-17)38-16-18-9-4-2-5-10-18)24(35)33-20(19-11-6-3-7-12-19)15-31-26(37)39-25(36)27(28,29)30/h3,6-8,11-14,18,20H,2,4-5,9-10,15-16H2,1H3,(H,31,37)(H,33,35). The number of alkyl halides is 3. The first-order chi connectivity index (χ1) is 18.6. The van der Waals surface area contributed by atoms with Gasteiger partial charge in [-0.15, -0.1) is 0 Å². The van der Waals surface area contributed by atoms with Gasteiger partial charge >= 0.3 is 18.2 Å². The van der Waals surface area contributed by atoms with Crippen LogP contribution in [-0.2, 0) is 9.53 Å². The Morgan fingerprint density at radius 3 is 2.49 bits per heavy atom. The summed E-state index contributed by atoms with van der Waals surface area (Å²) in [5.74, 6) is -2.12. The van der Waals surface area contributed by atoms with Gasteiger partial charge < -0.3 is 20.1 Å². The van der Waals surface area contributed by atoms with Gasteiger partial charge in [0.1, 0.15) is 5.69 Å². The minimum Gasteiger partial charge on any atom is -0.489 e. The van der Waals surface area contributed by atoms with Crippen molar-refractivity contribution in [3.05, 3.63) is 65.6 Å². The van der Waals surface area contributed by atoms with E-state index in [-0.39, 0.29) is 12.2 Å². The Kier molecular flexibility index (Phi) is 8.72. The Morgan fingerprint density at radius 1 is 1.08 bits per heavy atom. The molecule has 0 aliphatic heterocycles. The maximum atomic E-state index is 13.4. The monoisotopic (exact) mass is 546 g/mol. The largest absolute Gasteiger partial charge is 0.491 e. The fourth-order valence-corrected chi connectivity index (χ4v) is 4.63. The van der Waals surface area contributed by atoms with Gasteiger partial charge in [-0.25, -0.2) is 14.6 Å². The number of carbonyl (C=O) groups excluding carboxylic acids is 3. The summed E-state index contributed by atoms with van der Waals surface area (Å²) in [5, 5.41) is 4.90. The van der Waals surface area contributed by atoms with Gasteiger partial charge in [0, 0.05) is 12.7 Å². The first kappa shape index (κ1) is 27.9. The van der Waals surface area contributed by atoms with Crippen LogP contribution in [0.25, 0.3) is 5.65 Å². The molecule has 0 radical (unpaired) electrons. The molecule has 1 atom stereocenters. The first-order valence-corrected chi connectivity index (χ1v) is 12.7. The number of nitrogens with zero attached hydrogens (tertiary/aromatic N) is 2. The van der Waals surface area contributed by atoms with Gasteiger partial charge in [0.05, 0.1) is 18.3 Å². The van der Waals surface area contributed by atoms with Crippen LogP contribution in [0.15, 0.2) is 48.7 Å². The average molecular weight is 547 g/mol. The number of carbonyl (C=O) groups is 3. The van der Waals surface area contributed by atoms with Crippen LogP contribution < -0.4 is 15.4 Å². The molecule has 9 nitrogen and oxygen atoms in total. The van der Waals surface area contributed by atoms with E-state index >= 15 is 0 Å². The molecule has 1 aliphatic rings. The number of fused-ring (bicyclic) bond motifs is 1.